The summed E-state index contributed by atoms with van der Waals surface area (Å²) in [5.74, 6) is -10.2. The summed E-state index contributed by atoms with van der Waals surface area (Å²) in [7, 11) is 0. The third-order valence-corrected chi connectivity index (χ3v) is 7.14. The molecular formula is C30H26F10O2. The van der Waals surface area contributed by atoms with Crippen LogP contribution in [0.3, 0.4) is 0 Å². The third-order valence-electron chi connectivity index (χ3n) is 7.14. The highest BCUT2D eigenvalue weighted by Gasteiger charge is 2.43. The lowest BCUT2D eigenvalue weighted by atomic mass is 9.90. The van der Waals surface area contributed by atoms with Crippen LogP contribution in [0.1, 0.15) is 68.2 Å². The molecule has 42 heavy (non-hydrogen) atoms. The molecule has 2 atom stereocenters. The van der Waals surface area contributed by atoms with Crippen LogP contribution in [0.2, 0.25) is 0 Å². The second kappa shape index (κ2) is 12.5. The van der Waals surface area contributed by atoms with Crippen LogP contribution in [0.25, 0.3) is 11.1 Å². The quantitative estimate of drug-likeness (QED) is 0.178. The minimum Gasteiger partial charge on any atom is -0.429 e. The van der Waals surface area contributed by atoms with Crippen molar-refractivity contribution in [3.63, 3.8) is 0 Å². The number of alkyl halides is 5. The predicted molar refractivity (Wildman–Crippen MR) is 133 cm³/mol. The fourth-order valence-electron chi connectivity index (χ4n) is 5.03. The van der Waals surface area contributed by atoms with Crippen molar-refractivity contribution in [2.75, 3.05) is 6.61 Å². The van der Waals surface area contributed by atoms with E-state index in [-0.39, 0.29) is 23.8 Å². The summed E-state index contributed by atoms with van der Waals surface area (Å²) in [6.45, 7) is 2.64. The SMILES string of the molecule is CCCCCC1CCC(c2ccc(-c3cc(F)c(C(F)(F)Oc4cc(F)c(C(F)(F)F)c(F)c4)c(F)c3)c(F)c2)OC1. The van der Waals surface area contributed by atoms with Crippen LogP contribution in [0.4, 0.5) is 43.9 Å². The minimum atomic E-state index is -5.48. The molecule has 1 fully saturated rings. The first-order valence-corrected chi connectivity index (χ1v) is 13.2. The lowest BCUT2D eigenvalue weighted by molar-refractivity contribution is -0.189. The Labute approximate surface area is 235 Å². The third kappa shape index (κ3) is 7.02. The lowest BCUT2D eigenvalue weighted by Crippen LogP contribution is -2.25. The Balaban J connectivity index is 1.52. The van der Waals surface area contributed by atoms with Crippen LogP contribution >= 0.6 is 0 Å². The molecule has 1 heterocycles. The van der Waals surface area contributed by atoms with Gasteiger partial charge in [-0.15, -0.1) is 0 Å². The van der Waals surface area contributed by atoms with Gasteiger partial charge in [0.05, 0.1) is 12.7 Å². The maximum atomic E-state index is 15.0. The highest BCUT2D eigenvalue weighted by Crippen LogP contribution is 2.41. The Morgan fingerprint density at radius 2 is 1.38 bits per heavy atom. The number of benzene rings is 3. The molecule has 0 bridgehead atoms. The summed E-state index contributed by atoms with van der Waals surface area (Å²) >= 11 is 0. The number of halogens is 10. The first-order chi connectivity index (χ1) is 19.7. The van der Waals surface area contributed by atoms with Crippen LogP contribution < -0.4 is 4.74 Å². The van der Waals surface area contributed by atoms with Gasteiger partial charge >= 0.3 is 12.3 Å². The van der Waals surface area contributed by atoms with Gasteiger partial charge in [0, 0.05) is 17.7 Å². The molecule has 1 aliphatic rings. The number of ether oxygens (including phenoxy) is 2. The Bertz CT molecular complexity index is 1370. The van der Waals surface area contributed by atoms with Gasteiger partial charge in [-0.3, -0.25) is 0 Å². The molecular weight excluding hydrogens is 582 g/mol. The monoisotopic (exact) mass is 608 g/mol. The maximum Gasteiger partial charge on any atom is 0.432 e. The van der Waals surface area contributed by atoms with Gasteiger partial charge in [-0.2, -0.15) is 22.0 Å². The lowest BCUT2D eigenvalue weighted by Gasteiger charge is -2.29. The smallest absolute Gasteiger partial charge is 0.429 e. The van der Waals surface area contributed by atoms with E-state index in [0.717, 1.165) is 38.2 Å². The number of rotatable bonds is 9. The van der Waals surface area contributed by atoms with E-state index in [0.29, 0.717) is 36.6 Å². The van der Waals surface area contributed by atoms with Crippen LogP contribution in [-0.4, -0.2) is 6.61 Å². The Morgan fingerprint density at radius 3 is 1.90 bits per heavy atom. The zero-order valence-corrected chi connectivity index (χ0v) is 22.2. The van der Waals surface area contributed by atoms with Gasteiger partial charge in [0.1, 0.15) is 46.0 Å². The summed E-state index contributed by atoms with van der Waals surface area (Å²) in [5.41, 5.74) is -4.56. The second-order valence-electron chi connectivity index (χ2n) is 10.2. The first-order valence-electron chi connectivity index (χ1n) is 13.2. The van der Waals surface area contributed by atoms with Gasteiger partial charge in [0.2, 0.25) is 0 Å². The van der Waals surface area contributed by atoms with Crippen LogP contribution in [-0.2, 0) is 17.0 Å². The minimum absolute atomic E-state index is 0.191. The maximum absolute atomic E-state index is 15.0. The van der Waals surface area contributed by atoms with Crippen LogP contribution in [0, 0.1) is 35.0 Å². The molecule has 228 valence electrons. The van der Waals surface area contributed by atoms with Crippen molar-refractivity contribution in [3.05, 3.63) is 88.2 Å². The summed E-state index contributed by atoms with van der Waals surface area (Å²) in [6.07, 6.45) is -4.80. The van der Waals surface area contributed by atoms with E-state index in [1.54, 1.807) is 0 Å². The number of hydrogen-bond donors (Lipinski definition) is 0. The van der Waals surface area contributed by atoms with Crippen LogP contribution in [0.15, 0.2) is 42.5 Å². The van der Waals surface area contributed by atoms with Crippen molar-refractivity contribution in [3.8, 4) is 16.9 Å². The van der Waals surface area contributed by atoms with Gasteiger partial charge in [0.15, 0.2) is 0 Å². The van der Waals surface area contributed by atoms with Crippen molar-refractivity contribution in [2.24, 2.45) is 5.92 Å². The molecule has 12 heteroatoms. The molecule has 0 spiro atoms. The van der Waals surface area contributed by atoms with Gasteiger partial charge in [0.25, 0.3) is 0 Å². The van der Waals surface area contributed by atoms with Crippen LogP contribution in [0.5, 0.6) is 5.75 Å². The zero-order chi connectivity index (χ0) is 30.8. The Hall–Kier alpha value is -3.28. The standard InChI is InChI=1S/C30H26F10O2/c1-2-3-4-5-16-6-9-26(41-15-16)17-7-8-20(21(31)10-17)18-11-22(32)28(23(33)12-18)30(39,40)42-19-13-24(34)27(25(35)14-19)29(36,37)38/h7-8,10-14,16,26H,2-6,9,15H2,1H3. The topological polar surface area (TPSA) is 18.5 Å². The molecule has 2 unspecified atom stereocenters. The molecule has 0 saturated carbocycles. The van der Waals surface area contributed by atoms with E-state index in [1.807, 2.05) is 0 Å². The molecule has 1 saturated heterocycles. The largest absolute Gasteiger partial charge is 0.432 e. The number of hydrogen-bond acceptors (Lipinski definition) is 2. The van der Waals surface area contributed by atoms with Crippen molar-refractivity contribution in [1.29, 1.82) is 0 Å². The highest BCUT2D eigenvalue weighted by atomic mass is 19.4. The van der Waals surface area contributed by atoms with E-state index in [9.17, 15) is 39.5 Å². The summed E-state index contributed by atoms with van der Waals surface area (Å²) in [4.78, 5) is 0. The van der Waals surface area contributed by atoms with E-state index in [2.05, 4.69) is 11.7 Å². The number of unbranched alkanes of at least 4 members (excludes halogenated alkanes) is 2. The fourth-order valence-corrected chi connectivity index (χ4v) is 5.03. The summed E-state index contributed by atoms with van der Waals surface area (Å²) in [5, 5.41) is 0. The van der Waals surface area contributed by atoms with Crippen molar-refractivity contribution in [2.45, 2.75) is 63.8 Å². The molecule has 0 radical (unpaired) electrons. The van der Waals surface area contributed by atoms with Gasteiger partial charge < -0.3 is 9.47 Å². The second-order valence-corrected chi connectivity index (χ2v) is 10.2. The molecule has 0 aromatic heterocycles. The van der Waals surface area contributed by atoms with E-state index >= 15 is 4.39 Å². The van der Waals surface area contributed by atoms with Crippen molar-refractivity contribution < 1.29 is 53.4 Å². The summed E-state index contributed by atoms with van der Waals surface area (Å²) < 4.78 is 150. The fraction of sp³-hybridized carbons (Fsp3) is 0.400. The molecule has 2 nitrogen and oxygen atoms in total. The molecule has 3 aromatic carbocycles. The highest BCUT2D eigenvalue weighted by molar-refractivity contribution is 5.65. The molecule has 0 amide bonds. The first kappa shape index (κ1) is 31.7. The predicted octanol–water partition coefficient (Wildman–Crippen LogP) is 10.2. The molecule has 1 aliphatic heterocycles. The Kier molecular flexibility index (Phi) is 9.44. The van der Waals surface area contributed by atoms with Gasteiger partial charge in [-0.25, -0.2) is 22.0 Å². The van der Waals surface area contributed by atoms with E-state index in [1.165, 1.54) is 12.1 Å². The van der Waals surface area contributed by atoms with E-state index in [4.69, 9.17) is 4.74 Å². The molecule has 4 rings (SSSR count). The average molecular weight is 609 g/mol. The molecule has 0 N–H and O–H groups in total. The normalized spacial score (nSPS) is 17.9. The van der Waals surface area contributed by atoms with Crippen molar-refractivity contribution >= 4 is 0 Å². The zero-order valence-electron chi connectivity index (χ0n) is 22.2. The van der Waals surface area contributed by atoms with E-state index < -0.39 is 63.8 Å². The van der Waals surface area contributed by atoms with Gasteiger partial charge in [-0.1, -0.05) is 38.3 Å². The summed E-state index contributed by atoms with van der Waals surface area (Å²) in [6, 6.07) is 4.34. The molecule has 0 aliphatic carbocycles. The average Bonchev–Trinajstić information content (AvgIpc) is 2.87. The van der Waals surface area contributed by atoms with Gasteiger partial charge in [-0.05, 0) is 54.5 Å². The van der Waals surface area contributed by atoms with Crippen molar-refractivity contribution in [1.82, 2.24) is 0 Å². The Morgan fingerprint density at radius 1 is 0.762 bits per heavy atom. The molecule has 3 aromatic rings.